The Morgan fingerprint density at radius 2 is 1.50 bits per heavy atom. The largest absolute Gasteiger partial charge is 0.368 e. The smallest absolute Gasteiger partial charge is 0.169 e. The molecule has 0 aliphatic heterocycles. The van der Waals surface area contributed by atoms with Gasteiger partial charge in [-0.05, 0) is 19.8 Å². The molecule has 0 aliphatic carbocycles. The molecule has 0 atom stereocenters. The molecule has 2 nitrogen and oxygen atoms in total. The maximum Gasteiger partial charge on any atom is 0.169 e. The molecular weight excluding hydrogens is 176 g/mol. The first-order chi connectivity index (χ1) is 6.34. The highest BCUT2D eigenvalue weighted by Gasteiger charge is 2.41. The van der Waals surface area contributed by atoms with Crippen LogP contribution in [-0.4, -0.2) is 18.0 Å². The van der Waals surface area contributed by atoms with Gasteiger partial charge in [0.1, 0.15) is 5.60 Å². The van der Waals surface area contributed by atoms with E-state index in [0.717, 1.165) is 12.8 Å². The summed E-state index contributed by atoms with van der Waals surface area (Å²) in [5, 5.41) is 0. The summed E-state index contributed by atoms with van der Waals surface area (Å²) in [5.41, 5.74) is -0.881. The number of hydrogen-bond donors (Lipinski definition) is 0. The zero-order chi connectivity index (χ0) is 11.4. The molecule has 0 spiro atoms. The summed E-state index contributed by atoms with van der Waals surface area (Å²) in [6.07, 6.45) is 1.51. The molecular formula is C12H24O2. The molecule has 0 heterocycles. The summed E-state index contributed by atoms with van der Waals surface area (Å²) in [4.78, 5) is 12.2. The molecule has 0 aromatic heterocycles. The van der Waals surface area contributed by atoms with Crippen molar-refractivity contribution in [1.29, 1.82) is 0 Å². The van der Waals surface area contributed by atoms with E-state index < -0.39 is 5.60 Å². The fourth-order valence-corrected chi connectivity index (χ4v) is 1.80. The van der Waals surface area contributed by atoms with E-state index in [4.69, 9.17) is 4.74 Å². The first kappa shape index (κ1) is 13.6. The lowest BCUT2D eigenvalue weighted by Crippen LogP contribution is -2.46. The van der Waals surface area contributed by atoms with Crippen molar-refractivity contribution in [2.45, 2.75) is 60.0 Å². The zero-order valence-corrected chi connectivity index (χ0v) is 10.4. The third-order valence-electron chi connectivity index (χ3n) is 2.66. The van der Waals surface area contributed by atoms with E-state index in [2.05, 4.69) is 0 Å². The number of carbonyl (C=O) groups is 1. The second kappa shape index (κ2) is 4.92. The Balaban J connectivity index is 4.89. The molecule has 2 heteroatoms. The van der Waals surface area contributed by atoms with Gasteiger partial charge in [-0.15, -0.1) is 0 Å². The van der Waals surface area contributed by atoms with Gasteiger partial charge in [0.15, 0.2) is 5.78 Å². The molecule has 0 bridgehead atoms. The fraction of sp³-hybridized carbons (Fsp3) is 0.917. The molecule has 0 aliphatic rings. The van der Waals surface area contributed by atoms with Crippen molar-refractivity contribution in [3.05, 3.63) is 0 Å². The van der Waals surface area contributed by atoms with E-state index in [1.807, 2.05) is 41.5 Å². The van der Waals surface area contributed by atoms with Crippen LogP contribution in [0.15, 0.2) is 0 Å². The van der Waals surface area contributed by atoms with E-state index in [-0.39, 0.29) is 11.2 Å². The Morgan fingerprint density at radius 3 is 1.71 bits per heavy atom. The van der Waals surface area contributed by atoms with E-state index in [9.17, 15) is 4.79 Å². The normalized spacial score (nSPS) is 13.0. The minimum Gasteiger partial charge on any atom is -0.368 e. The lowest BCUT2D eigenvalue weighted by molar-refractivity contribution is -0.153. The number of ketones is 1. The van der Waals surface area contributed by atoms with Crippen LogP contribution in [0.25, 0.3) is 0 Å². The summed E-state index contributed by atoms with van der Waals surface area (Å²) >= 11 is 0. The van der Waals surface area contributed by atoms with Crippen LogP contribution >= 0.6 is 0 Å². The molecule has 84 valence electrons. The summed E-state index contributed by atoms with van der Waals surface area (Å²) in [6, 6.07) is 0. The summed E-state index contributed by atoms with van der Waals surface area (Å²) in [5.74, 6) is 0.219. The van der Waals surface area contributed by atoms with Crippen LogP contribution in [0.2, 0.25) is 0 Å². The fourth-order valence-electron chi connectivity index (χ4n) is 1.80. The summed E-state index contributed by atoms with van der Waals surface area (Å²) in [6.45, 7) is 12.4. The predicted octanol–water partition coefficient (Wildman–Crippen LogP) is 3.20. The van der Waals surface area contributed by atoms with Crippen molar-refractivity contribution in [2.75, 3.05) is 6.61 Å². The van der Waals surface area contributed by atoms with Crippen molar-refractivity contribution < 1.29 is 9.53 Å². The van der Waals surface area contributed by atoms with Crippen LogP contribution in [0.4, 0.5) is 0 Å². The van der Waals surface area contributed by atoms with Crippen LogP contribution in [0.5, 0.6) is 0 Å². The molecule has 0 fully saturated rings. The lowest BCUT2D eigenvalue weighted by Gasteiger charge is -2.35. The first-order valence-electron chi connectivity index (χ1n) is 5.53. The van der Waals surface area contributed by atoms with E-state index in [1.54, 1.807) is 0 Å². The summed E-state index contributed by atoms with van der Waals surface area (Å²) in [7, 11) is 0. The molecule has 0 aromatic carbocycles. The van der Waals surface area contributed by atoms with E-state index in [1.165, 1.54) is 0 Å². The van der Waals surface area contributed by atoms with Crippen molar-refractivity contribution in [3.63, 3.8) is 0 Å². The van der Waals surface area contributed by atoms with Gasteiger partial charge in [0, 0.05) is 12.0 Å². The van der Waals surface area contributed by atoms with Crippen LogP contribution in [0.3, 0.4) is 0 Å². The maximum absolute atomic E-state index is 12.2. The molecule has 0 saturated heterocycles. The Kier molecular flexibility index (Phi) is 4.79. The highest BCUT2D eigenvalue weighted by atomic mass is 16.5. The molecule has 14 heavy (non-hydrogen) atoms. The Bertz CT molecular complexity index is 185. The maximum atomic E-state index is 12.2. The van der Waals surface area contributed by atoms with Gasteiger partial charge in [0.2, 0.25) is 0 Å². The Hall–Kier alpha value is -0.370. The third-order valence-corrected chi connectivity index (χ3v) is 2.66. The molecule has 0 unspecified atom stereocenters. The number of carbonyl (C=O) groups excluding carboxylic acids is 1. The van der Waals surface area contributed by atoms with Gasteiger partial charge in [-0.1, -0.05) is 34.6 Å². The lowest BCUT2D eigenvalue weighted by atomic mass is 9.77. The minimum atomic E-state index is -0.562. The van der Waals surface area contributed by atoms with Gasteiger partial charge < -0.3 is 4.74 Å². The zero-order valence-electron chi connectivity index (χ0n) is 10.4. The molecule has 0 rings (SSSR count). The second-order valence-electron chi connectivity index (χ2n) is 4.71. The van der Waals surface area contributed by atoms with Crippen LogP contribution in [0, 0.1) is 5.41 Å². The highest BCUT2D eigenvalue weighted by molar-refractivity contribution is 5.91. The van der Waals surface area contributed by atoms with Crippen LogP contribution < -0.4 is 0 Å². The molecule has 0 aromatic rings. The standard InChI is InChI=1S/C12H24O2/c1-7-12(8-2,14-9-3)10(13)11(4,5)6/h7-9H2,1-6H3. The average Bonchev–Trinajstić information content (AvgIpc) is 2.12. The monoisotopic (exact) mass is 200 g/mol. The number of ether oxygens (including phenoxy) is 1. The van der Waals surface area contributed by atoms with Crippen LogP contribution in [0.1, 0.15) is 54.4 Å². The van der Waals surface area contributed by atoms with Crippen molar-refractivity contribution in [1.82, 2.24) is 0 Å². The van der Waals surface area contributed by atoms with Gasteiger partial charge in [0.05, 0.1) is 0 Å². The second-order valence-corrected chi connectivity index (χ2v) is 4.71. The molecule has 0 saturated carbocycles. The SMILES string of the molecule is CCOC(CC)(CC)C(=O)C(C)(C)C. The molecule has 0 radical (unpaired) electrons. The Labute approximate surface area is 88.0 Å². The van der Waals surface area contributed by atoms with Gasteiger partial charge >= 0.3 is 0 Å². The summed E-state index contributed by atoms with van der Waals surface area (Å²) < 4.78 is 5.67. The topological polar surface area (TPSA) is 26.3 Å². The number of hydrogen-bond acceptors (Lipinski definition) is 2. The minimum absolute atomic E-state index is 0.219. The number of rotatable bonds is 5. The average molecular weight is 200 g/mol. The predicted molar refractivity (Wildman–Crippen MR) is 59.4 cm³/mol. The van der Waals surface area contributed by atoms with Crippen LogP contribution in [-0.2, 0) is 9.53 Å². The third kappa shape index (κ3) is 2.81. The molecule has 0 amide bonds. The first-order valence-corrected chi connectivity index (χ1v) is 5.53. The quantitative estimate of drug-likeness (QED) is 0.681. The van der Waals surface area contributed by atoms with Crippen molar-refractivity contribution >= 4 is 5.78 Å². The Morgan fingerprint density at radius 1 is 1.07 bits per heavy atom. The van der Waals surface area contributed by atoms with E-state index in [0.29, 0.717) is 6.61 Å². The van der Waals surface area contributed by atoms with E-state index >= 15 is 0 Å². The van der Waals surface area contributed by atoms with Crippen molar-refractivity contribution in [3.8, 4) is 0 Å². The van der Waals surface area contributed by atoms with Gasteiger partial charge in [-0.2, -0.15) is 0 Å². The highest BCUT2D eigenvalue weighted by Crippen LogP contribution is 2.31. The molecule has 0 N–H and O–H groups in total. The van der Waals surface area contributed by atoms with Gasteiger partial charge in [-0.3, -0.25) is 4.79 Å². The number of Topliss-reactive ketones (excluding diaryl/α,β-unsaturated/α-hetero) is 1. The van der Waals surface area contributed by atoms with Crippen molar-refractivity contribution in [2.24, 2.45) is 5.41 Å². The van der Waals surface area contributed by atoms with Gasteiger partial charge in [-0.25, -0.2) is 0 Å². The van der Waals surface area contributed by atoms with Gasteiger partial charge in [0.25, 0.3) is 0 Å².